The zero-order chi connectivity index (χ0) is 15.8. The zero-order valence-corrected chi connectivity index (χ0v) is 12.3. The molecule has 0 aromatic carbocycles. The van der Waals surface area contributed by atoms with E-state index in [0.29, 0.717) is 0 Å². The largest absolute Gasteiger partial charge is 0.477 e. The summed E-state index contributed by atoms with van der Waals surface area (Å²) in [6.07, 6.45) is -4.49. The Morgan fingerprint density at radius 2 is 2.10 bits per heavy atom. The molecule has 2 rings (SSSR count). The number of carbonyl (C=O) groups is 1. The maximum atomic E-state index is 12.7. The topological polar surface area (TPSA) is 74.7 Å². The van der Waals surface area contributed by atoms with Crippen molar-refractivity contribution in [3.8, 4) is 0 Å². The highest BCUT2D eigenvalue weighted by atomic mass is 32.2. The van der Waals surface area contributed by atoms with Crippen LogP contribution in [-0.4, -0.2) is 43.1 Å². The minimum Gasteiger partial charge on any atom is -0.477 e. The fourth-order valence-corrected chi connectivity index (χ4v) is 4.98. The van der Waals surface area contributed by atoms with Gasteiger partial charge in [0.25, 0.3) is 0 Å². The molecule has 5 nitrogen and oxygen atoms in total. The molecular weight excluding hydrogens is 331 g/mol. The van der Waals surface area contributed by atoms with E-state index in [1.54, 1.807) is 0 Å². The maximum absolute atomic E-state index is 12.7. The number of aromatic carboxylic acids is 1. The normalized spacial score (nSPS) is 21.4. The molecule has 118 valence electrons. The molecule has 1 N–H and O–H groups in total. The Morgan fingerprint density at radius 3 is 2.67 bits per heavy atom. The molecular formula is C11H12F3NO4S2. The first-order valence-electron chi connectivity index (χ1n) is 6.01. The summed E-state index contributed by atoms with van der Waals surface area (Å²) in [5, 5.41) is 10.2. The number of rotatable bonds is 3. The lowest BCUT2D eigenvalue weighted by molar-refractivity contribution is -0.182. The first kappa shape index (κ1) is 16.2. The van der Waals surface area contributed by atoms with Crippen molar-refractivity contribution in [2.45, 2.75) is 23.9 Å². The average molecular weight is 343 g/mol. The van der Waals surface area contributed by atoms with E-state index in [-0.39, 0.29) is 24.3 Å². The van der Waals surface area contributed by atoms with E-state index in [1.165, 1.54) is 5.38 Å². The summed E-state index contributed by atoms with van der Waals surface area (Å²) in [6, 6.07) is 1.11. The van der Waals surface area contributed by atoms with Gasteiger partial charge in [0.1, 0.15) is 9.77 Å². The molecule has 1 fully saturated rings. The van der Waals surface area contributed by atoms with Crippen LogP contribution in [0.1, 0.15) is 22.5 Å². The number of hydrogen-bond donors (Lipinski definition) is 1. The Balaban J connectivity index is 2.31. The summed E-state index contributed by atoms with van der Waals surface area (Å²) in [6.45, 7) is -0.704. The van der Waals surface area contributed by atoms with Crippen LogP contribution in [0.4, 0.5) is 13.2 Å². The second-order valence-electron chi connectivity index (χ2n) is 4.66. The molecule has 0 spiro atoms. The van der Waals surface area contributed by atoms with E-state index in [2.05, 4.69) is 0 Å². The van der Waals surface area contributed by atoms with Crippen LogP contribution in [0.15, 0.2) is 16.3 Å². The van der Waals surface area contributed by atoms with Gasteiger partial charge in [-0.15, -0.1) is 11.3 Å². The fraction of sp³-hybridized carbons (Fsp3) is 0.545. The van der Waals surface area contributed by atoms with Gasteiger partial charge in [-0.1, -0.05) is 0 Å². The van der Waals surface area contributed by atoms with E-state index in [4.69, 9.17) is 5.11 Å². The molecule has 10 heteroatoms. The van der Waals surface area contributed by atoms with Crippen LogP contribution >= 0.6 is 11.3 Å². The molecule has 0 bridgehead atoms. The Kier molecular flexibility index (Phi) is 4.31. The number of alkyl halides is 3. The smallest absolute Gasteiger partial charge is 0.393 e. The minimum absolute atomic E-state index is 0.0379. The molecule has 1 aliphatic heterocycles. The van der Waals surface area contributed by atoms with Crippen molar-refractivity contribution in [1.82, 2.24) is 4.31 Å². The number of hydrogen-bond acceptors (Lipinski definition) is 4. The minimum atomic E-state index is -4.46. The van der Waals surface area contributed by atoms with Crippen LogP contribution in [0.25, 0.3) is 0 Å². The third-order valence-corrected chi connectivity index (χ3v) is 6.23. The lowest BCUT2D eigenvalue weighted by Crippen LogP contribution is -2.44. The van der Waals surface area contributed by atoms with Crippen molar-refractivity contribution in [3.63, 3.8) is 0 Å². The summed E-state index contributed by atoms with van der Waals surface area (Å²) in [4.78, 5) is 10.2. The van der Waals surface area contributed by atoms with Gasteiger partial charge in [-0.25, -0.2) is 13.2 Å². The van der Waals surface area contributed by atoms with E-state index >= 15 is 0 Å². The summed E-state index contributed by atoms with van der Waals surface area (Å²) >= 11 is 0.727. The first-order chi connectivity index (χ1) is 9.64. The molecule has 1 saturated heterocycles. The molecule has 0 amide bonds. The van der Waals surface area contributed by atoms with E-state index in [1.807, 2.05) is 0 Å². The standard InChI is InChI=1S/C11H12F3NO4S2/c12-11(13,14)7-2-1-4-15(6-7)21(18,19)8-3-5-20-9(8)10(16)17/h3,5,7H,1-2,4,6H2,(H,16,17)/t7-/m1/s1. The fourth-order valence-electron chi connectivity index (χ4n) is 2.22. The van der Waals surface area contributed by atoms with Gasteiger partial charge in [0, 0.05) is 13.1 Å². The molecule has 1 aromatic rings. The highest BCUT2D eigenvalue weighted by Gasteiger charge is 2.44. The first-order valence-corrected chi connectivity index (χ1v) is 8.33. The van der Waals surface area contributed by atoms with Crippen molar-refractivity contribution in [2.24, 2.45) is 5.92 Å². The van der Waals surface area contributed by atoms with Crippen LogP contribution in [0.2, 0.25) is 0 Å². The predicted octanol–water partition coefficient (Wildman–Crippen LogP) is 2.41. The van der Waals surface area contributed by atoms with Gasteiger partial charge in [0.05, 0.1) is 5.92 Å². The highest BCUT2D eigenvalue weighted by Crippen LogP contribution is 2.35. The lowest BCUT2D eigenvalue weighted by Gasteiger charge is -2.32. The van der Waals surface area contributed by atoms with Crippen LogP contribution < -0.4 is 0 Å². The summed E-state index contributed by atoms with van der Waals surface area (Å²) < 4.78 is 63.6. The van der Waals surface area contributed by atoms with Crippen molar-refractivity contribution in [3.05, 3.63) is 16.3 Å². The summed E-state index contributed by atoms with van der Waals surface area (Å²) in [5.74, 6) is -3.12. The van der Waals surface area contributed by atoms with Crippen molar-refractivity contribution >= 4 is 27.3 Å². The SMILES string of the molecule is O=C(O)c1sccc1S(=O)(=O)N1CCC[C@@H](C(F)(F)F)C1. The number of carboxylic acids is 1. The quantitative estimate of drug-likeness (QED) is 0.915. The van der Waals surface area contributed by atoms with Gasteiger partial charge in [-0.3, -0.25) is 0 Å². The second-order valence-corrected chi connectivity index (χ2v) is 7.49. The van der Waals surface area contributed by atoms with Gasteiger partial charge < -0.3 is 5.11 Å². The Morgan fingerprint density at radius 1 is 1.43 bits per heavy atom. The Bertz CT molecular complexity index is 638. The van der Waals surface area contributed by atoms with Gasteiger partial charge >= 0.3 is 12.1 Å². The molecule has 1 atom stereocenters. The molecule has 2 heterocycles. The molecule has 0 radical (unpaired) electrons. The van der Waals surface area contributed by atoms with E-state index in [0.717, 1.165) is 21.7 Å². The van der Waals surface area contributed by atoms with Crippen LogP contribution in [-0.2, 0) is 10.0 Å². The predicted molar refractivity (Wildman–Crippen MR) is 68.8 cm³/mol. The third-order valence-electron chi connectivity index (χ3n) is 3.29. The zero-order valence-electron chi connectivity index (χ0n) is 10.6. The van der Waals surface area contributed by atoms with Gasteiger partial charge in [-0.05, 0) is 24.3 Å². The van der Waals surface area contributed by atoms with Gasteiger partial charge in [0.15, 0.2) is 0 Å². The second kappa shape index (κ2) is 5.58. The van der Waals surface area contributed by atoms with Crippen molar-refractivity contribution in [1.29, 1.82) is 0 Å². The monoisotopic (exact) mass is 343 g/mol. The maximum Gasteiger partial charge on any atom is 0.393 e. The van der Waals surface area contributed by atoms with E-state index < -0.39 is 39.5 Å². The number of halogens is 3. The van der Waals surface area contributed by atoms with Crippen LogP contribution in [0.3, 0.4) is 0 Å². The molecule has 0 unspecified atom stereocenters. The number of thiophene rings is 1. The van der Waals surface area contributed by atoms with Crippen LogP contribution in [0.5, 0.6) is 0 Å². The van der Waals surface area contributed by atoms with Crippen LogP contribution in [0, 0.1) is 5.92 Å². The number of carboxylic acid groups (broad SMARTS) is 1. The highest BCUT2D eigenvalue weighted by molar-refractivity contribution is 7.89. The molecule has 1 aromatic heterocycles. The summed E-state index contributed by atoms with van der Waals surface area (Å²) in [7, 11) is -4.22. The van der Waals surface area contributed by atoms with Crippen molar-refractivity contribution in [2.75, 3.05) is 13.1 Å². The third kappa shape index (κ3) is 3.22. The molecule has 0 aliphatic carbocycles. The summed E-state index contributed by atoms with van der Waals surface area (Å²) in [5.41, 5.74) is 0. The van der Waals surface area contributed by atoms with Gasteiger partial charge in [0.2, 0.25) is 10.0 Å². The average Bonchev–Trinajstić information content (AvgIpc) is 2.88. The molecule has 1 aliphatic rings. The number of nitrogens with zero attached hydrogens (tertiary/aromatic N) is 1. The lowest BCUT2D eigenvalue weighted by atomic mass is 9.99. The number of piperidine rings is 1. The molecule has 21 heavy (non-hydrogen) atoms. The molecule has 0 saturated carbocycles. The number of sulfonamides is 1. The van der Waals surface area contributed by atoms with Gasteiger partial charge in [-0.2, -0.15) is 17.5 Å². The van der Waals surface area contributed by atoms with E-state index in [9.17, 15) is 26.4 Å². The Labute approximate surface area is 123 Å². The Hall–Kier alpha value is -1.13. The van der Waals surface area contributed by atoms with Crippen molar-refractivity contribution < 1.29 is 31.5 Å².